The highest BCUT2D eigenvalue weighted by molar-refractivity contribution is 5.94. The van der Waals surface area contributed by atoms with Gasteiger partial charge in [-0.25, -0.2) is 9.97 Å². The number of carbonyl (C=O) groups excluding carboxylic acids is 1. The van der Waals surface area contributed by atoms with E-state index in [9.17, 15) is 18.0 Å². The molecule has 5 nitrogen and oxygen atoms in total. The minimum absolute atomic E-state index is 0.00491. The Morgan fingerprint density at radius 3 is 2.83 bits per heavy atom. The molecule has 0 unspecified atom stereocenters. The normalized spacial score (nSPS) is 14.5. The van der Waals surface area contributed by atoms with E-state index in [4.69, 9.17) is 5.73 Å². The first-order valence-electron chi connectivity index (χ1n) is 6.91. The summed E-state index contributed by atoms with van der Waals surface area (Å²) < 4.78 is 38.3. The van der Waals surface area contributed by atoms with Gasteiger partial charge in [-0.3, -0.25) is 4.79 Å². The van der Waals surface area contributed by atoms with Gasteiger partial charge in [0.15, 0.2) is 0 Å². The van der Waals surface area contributed by atoms with Gasteiger partial charge in [0.05, 0.1) is 17.8 Å². The Bertz CT molecular complexity index is 761. The van der Waals surface area contributed by atoms with Gasteiger partial charge in [0.25, 0.3) is 5.91 Å². The SMILES string of the molecule is Nc1ncc2c(n1)CN(C(=O)c1cccc(C(F)(F)F)c1)CC2. The number of anilines is 1. The fraction of sp³-hybridized carbons (Fsp3) is 0.267. The molecule has 1 aliphatic rings. The van der Waals surface area contributed by atoms with Gasteiger partial charge < -0.3 is 10.6 Å². The van der Waals surface area contributed by atoms with Crippen molar-refractivity contribution >= 4 is 11.9 Å². The zero-order chi connectivity index (χ0) is 16.6. The van der Waals surface area contributed by atoms with E-state index in [0.717, 1.165) is 17.7 Å². The molecule has 1 amide bonds. The lowest BCUT2D eigenvalue weighted by Gasteiger charge is -2.28. The quantitative estimate of drug-likeness (QED) is 0.874. The lowest BCUT2D eigenvalue weighted by atomic mass is 10.0. The highest BCUT2D eigenvalue weighted by Gasteiger charge is 2.31. The van der Waals surface area contributed by atoms with E-state index in [1.165, 1.54) is 17.0 Å². The largest absolute Gasteiger partial charge is 0.416 e. The molecule has 0 aliphatic carbocycles. The van der Waals surface area contributed by atoms with Crippen molar-refractivity contribution in [3.8, 4) is 0 Å². The van der Waals surface area contributed by atoms with Gasteiger partial charge in [0, 0.05) is 18.3 Å². The zero-order valence-corrected chi connectivity index (χ0v) is 12.0. The van der Waals surface area contributed by atoms with Gasteiger partial charge in [-0.05, 0) is 30.2 Å². The molecule has 8 heteroatoms. The smallest absolute Gasteiger partial charge is 0.368 e. The monoisotopic (exact) mass is 322 g/mol. The topological polar surface area (TPSA) is 72.1 Å². The summed E-state index contributed by atoms with van der Waals surface area (Å²) in [5.41, 5.74) is 6.22. The molecule has 1 aliphatic heterocycles. The van der Waals surface area contributed by atoms with Crippen molar-refractivity contribution in [2.45, 2.75) is 19.1 Å². The molecule has 0 bridgehead atoms. The molecule has 0 radical (unpaired) electrons. The maximum absolute atomic E-state index is 12.8. The molecule has 2 N–H and O–H groups in total. The Morgan fingerprint density at radius 2 is 2.09 bits per heavy atom. The second-order valence-corrected chi connectivity index (χ2v) is 5.26. The average molecular weight is 322 g/mol. The van der Waals surface area contributed by atoms with Crippen LogP contribution in [0.25, 0.3) is 0 Å². The molecular weight excluding hydrogens is 309 g/mol. The Kier molecular flexibility index (Phi) is 3.67. The minimum Gasteiger partial charge on any atom is -0.368 e. The van der Waals surface area contributed by atoms with Crippen molar-refractivity contribution in [1.82, 2.24) is 14.9 Å². The summed E-state index contributed by atoms with van der Waals surface area (Å²) in [6.07, 6.45) is -2.32. The molecule has 3 rings (SSSR count). The Balaban J connectivity index is 1.85. The molecule has 0 spiro atoms. The summed E-state index contributed by atoms with van der Waals surface area (Å²) in [6.45, 7) is 0.604. The van der Waals surface area contributed by atoms with Crippen molar-refractivity contribution in [3.63, 3.8) is 0 Å². The third-order valence-corrected chi connectivity index (χ3v) is 3.69. The van der Waals surface area contributed by atoms with Crippen molar-refractivity contribution in [2.24, 2.45) is 0 Å². The number of hydrogen-bond donors (Lipinski definition) is 1. The van der Waals surface area contributed by atoms with Crippen LogP contribution < -0.4 is 5.73 Å². The van der Waals surface area contributed by atoms with Crippen LogP contribution in [0.2, 0.25) is 0 Å². The van der Waals surface area contributed by atoms with E-state index in [2.05, 4.69) is 9.97 Å². The van der Waals surface area contributed by atoms with Gasteiger partial charge in [-0.15, -0.1) is 0 Å². The van der Waals surface area contributed by atoms with Crippen LogP contribution in [0, 0.1) is 0 Å². The predicted molar refractivity (Wildman–Crippen MR) is 76.3 cm³/mol. The number of alkyl halides is 3. The van der Waals surface area contributed by atoms with Crippen molar-refractivity contribution in [3.05, 3.63) is 52.8 Å². The molecule has 0 saturated carbocycles. The first kappa shape index (κ1) is 15.3. The number of rotatable bonds is 1. The third-order valence-electron chi connectivity index (χ3n) is 3.69. The van der Waals surface area contributed by atoms with Gasteiger partial charge in [0.1, 0.15) is 0 Å². The molecule has 2 heterocycles. The minimum atomic E-state index is -4.48. The Morgan fingerprint density at radius 1 is 1.30 bits per heavy atom. The van der Waals surface area contributed by atoms with Crippen LogP contribution >= 0.6 is 0 Å². The summed E-state index contributed by atoms with van der Waals surface area (Å²) in [5, 5.41) is 0. The lowest BCUT2D eigenvalue weighted by molar-refractivity contribution is -0.137. The van der Waals surface area contributed by atoms with E-state index in [-0.39, 0.29) is 18.1 Å². The number of aromatic nitrogens is 2. The summed E-state index contributed by atoms with van der Waals surface area (Å²) in [4.78, 5) is 21.9. The van der Waals surface area contributed by atoms with Crippen LogP contribution in [0.5, 0.6) is 0 Å². The molecule has 23 heavy (non-hydrogen) atoms. The average Bonchev–Trinajstić information content (AvgIpc) is 2.52. The van der Waals surface area contributed by atoms with Crippen molar-refractivity contribution in [1.29, 1.82) is 0 Å². The zero-order valence-electron chi connectivity index (χ0n) is 12.0. The number of hydrogen-bond acceptors (Lipinski definition) is 4. The Labute approximate surface area is 130 Å². The molecule has 2 aromatic rings. The molecule has 1 aromatic heterocycles. The number of nitrogens with two attached hydrogens (primary N) is 1. The van der Waals surface area contributed by atoms with Crippen LogP contribution in [-0.2, 0) is 19.1 Å². The summed E-state index contributed by atoms with van der Waals surface area (Å²) in [7, 11) is 0. The summed E-state index contributed by atoms with van der Waals surface area (Å²) >= 11 is 0. The van der Waals surface area contributed by atoms with Crippen molar-refractivity contribution < 1.29 is 18.0 Å². The third kappa shape index (κ3) is 3.10. The summed E-state index contributed by atoms with van der Waals surface area (Å²) in [6, 6.07) is 4.41. The molecule has 0 atom stereocenters. The van der Waals surface area contributed by atoms with Gasteiger partial charge >= 0.3 is 6.18 Å². The van der Waals surface area contributed by atoms with Crippen LogP contribution in [0.1, 0.15) is 27.2 Å². The van der Waals surface area contributed by atoms with E-state index in [0.29, 0.717) is 18.7 Å². The first-order chi connectivity index (χ1) is 10.8. The number of fused-ring (bicyclic) bond motifs is 1. The summed E-state index contributed by atoms with van der Waals surface area (Å²) in [5.74, 6) is -0.351. The molecule has 0 saturated heterocycles. The molecular formula is C15H13F3N4O. The fourth-order valence-electron chi connectivity index (χ4n) is 2.50. The second kappa shape index (κ2) is 5.53. The number of nitrogens with zero attached hydrogens (tertiary/aromatic N) is 3. The number of carbonyl (C=O) groups is 1. The standard InChI is InChI=1S/C15H13F3N4O/c16-15(17,18)11-3-1-2-9(6-11)13(23)22-5-4-10-7-20-14(19)21-12(10)8-22/h1-3,6-7H,4-5,8H2,(H2,19,20,21). The van der Waals surface area contributed by atoms with Gasteiger partial charge in [-0.2, -0.15) is 13.2 Å². The number of halogens is 3. The molecule has 1 aromatic carbocycles. The fourth-order valence-corrected chi connectivity index (χ4v) is 2.50. The maximum Gasteiger partial charge on any atom is 0.416 e. The number of nitrogen functional groups attached to an aromatic ring is 1. The lowest BCUT2D eigenvalue weighted by Crippen LogP contribution is -2.36. The van der Waals surface area contributed by atoms with E-state index in [1.807, 2.05) is 0 Å². The molecule has 0 fully saturated rings. The highest BCUT2D eigenvalue weighted by Crippen LogP contribution is 2.30. The second-order valence-electron chi connectivity index (χ2n) is 5.26. The van der Waals surface area contributed by atoms with Crippen molar-refractivity contribution in [2.75, 3.05) is 12.3 Å². The molecule has 120 valence electrons. The van der Waals surface area contributed by atoms with Crippen LogP contribution in [-0.4, -0.2) is 27.3 Å². The van der Waals surface area contributed by atoms with Crippen LogP contribution in [0.4, 0.5) is 19.1 Å². The predicted octanol–water partition coefficient (Wildman–Crippen LogP) is 2.28. The number of benzene rings is 1. The maximum atomic E-state index is 12.8. The van der Waals surface area contributed by atoms with E-state index < -0.39 is 17.6 Å². The van der Waals surface area contributed by atoms with Gasteiger partial charge in [-0.1, -0.05) is 6.07 Å². The van der Waals surface area contributed by atoms with Crippen LogP contribution in [0.15, 0.2) is 30.5 Å². The van der Waals surface area contributed by atoms with E-state index in [1.54, 1.807) is 6.20 Å². The number of amides is 1. The van der Waals surface area contributed by atoms with Crippen LogP contribution in [0.3, 0.4) is 0 Å². The Hall–Kier alpha value is -2.64. The van der Waals surface area contributed by atoms with E-state index >= 15 is 0 Å². The first-order valence-corrected chi connectivity index (χ1v) is 6.91. The highest BCUT2D eigenvalue weighted by atomic mass is 19.4. The van der Waals surface area contributed by atoms with Gasteiger partial charge in [0.2, 0.25) is 5.95 Å².